The first-order chi connectivity index (χ1) is 13.4. The zero-order valence-corrected chi connectivity index (χ0v) is 16.5. The number of benzene rings is 2. The van der Waals surface area contributed by atoms with E-state index in [1.807, 2.05) is 67.6 Å². The third-order valence-corrected chi connectivity index (χ3v) is 6.02. The molecule has 0 aliphatic heterocycles. The molecule has 3 aliphatic rings. The van der Waals surface area contributed by atoms with Crippen LogP contribution in [0.1, 0.15) is 39.2 Å². The maximum atomic E-state index is 13.1. The summed E-state index contributed by atoms with van der Waals surface area (Å²) in [6.07, 6.45) is 1.18. The van der Waals surface area contributed by atoms with Crippen LogP contribution in [0.15, 0.2) is 71.8 Å². The number of hydrogen-bond acceptors (Lipinski definition) is 3. The minimum absolute atomic E-state index is 0.179. The molecule has 142 valence electrons. The van der Waals surface area contributed by atoms with Crippen LogP contribution in [0.3, 0.4) is 0 Å². The van der Waals surface area contributed by atoms with Crippen LogP contribution in [0, 0.1) is 16.7 Å². The number of allylic oxidation sites excluding steroid dienone is 2. The van der Waals surface area contributed by atoms with Crippen molar-refractivity contribution in [3.8, 4) is 5.75 Å². The molecule has 0 saturated heterocycles. The minimum atomic E-state index is -0.507. The van der Waals surface area contributed by atoms with Crippen LogP contribution in [-0.4, -0.2) is 11.7 Å². The lowest BCUT2D eigenvalue weighted by Gasteiger charge is -2.54. The van der Waals surface area contributed by atoms with Crippen molar-refractivity contribution in [2.24, 2.45) is 16.7 Å². The van der Waals surface area contributed by atoms with E-state index in [4.69, 9.17) is 4.74 Å². The highest BCUT2D eigenvalue weighted by Crippen LogP contribution is 2.62. The zero-order valence-electron chi connectivity index (χ0n) is 16.5. The van der Waals surface area contributed by atoms with E-state index < -0.39 is 5.41 Å². The molecule has 0 aromatic heterocycles. The first kappa shape index (κ1) is 18.5. The van der Waals surface area contributed by atoms with E-state index in [9.17, 15) is 9.59 Å². The van der Waals surface area contributed by atoms with E-state index in [0.29, 0.717) is 29.1 Å². The smallest absolute Gasteiger partial charge is 0.141 e. The number of fused-ring (bicyclic) bond motifs is 3. The van der Waals surface area contributed by atoms with Crippen molar-refractivity contribution in [3.05, 3.63) is 77.4 Å². The van der Waals surface area contributed by atoms with Gasteiger partial charge in [0.25, 0.3) is 0 Å². The van der Waals surface area contributed by atoms with Crippen molar-refractivity contribution < 1.29 is 14.3 Å². The fourth-order valence-corrected chi connectivity index (χ4v) is 5.18. The zero-order chi connectivity index (χ0) is 19.9. The third kappa shape index (κ3) is 2.93. The van der Waals surface area contributed by atoms with Gasteiger partial charge in [-0.1, -0.05) is 69.3 Å². The van der Waals surface area contributed by atoms with Crippen LogP contribution >= 0.6 is 0 Å². The average molecular weight is 372 g/mol. The number of rotatable bonds is 3. The number of ether oxygens (including phenoxy) is 1. The topological polar surface area (TPSA) is 43.4 Å². The Balaban J connectivity index is 2.00. The van der Waals surface area contributed by atoms with Crippen molar-refractivity contribution in [2.45, 2.75) is 33.6 Å². The van der Waals surface area contributed by atoms with Crippen molar-refractivity contribution in [1.82, 2.24) is 0 Å². The summed E-state index contributed by atoms with van der Waals surface area (Å²) >= 11 is 0. The van der Waals surface area contributed by atoms with E-state index in [1.54, 1.807) is 0 Å². The Morgan fingerprint density at radius 3 is 2.18 bits per heavy atom. The Labute approximate surface area is 165 Å². The molecule has 5 rings (SSSR count). The predicted molar refractivity (Wildman–Crippen MR) is 109 cm³/mol. The van der Waals surface area contributed by atoms with E-state index in [2.05, 4.69) is 19.8 Å². The Hall–Kier alpha value is -2.90. The van der Waals surface area contributed by atoms with Crippen LogP contribution < -0.4 is 4.74 Å². The summed E-state index contributed by atoms with van der Waals surface area (Å²) in [7, 11) is 0. The van der Waals surface area contributed by atoms with Crippen LogP contribution in [0.4, 0.5) is 0 Å². The molecule has 0 unspecified atom stereocenters. The molecule has 3 saturated carbocycles. The summed E-state index contributed by atoms with van der Waals surface area (Å²) in [4.78, 5) is 25.2. The van der Waals surface area contributed by atoms with Gasteiger partial charge in [-0.05, 0) is 24.0 Å². The lowest BCUT2D eigenvalue weighted by atomic mass is 9.47. The van der Waals surface area contributed by atoms with E-state index >= 15 is 0 Å². The summed E-state index contributed by atoms with van der Waals surface area (Å²) in [6.45, 7) is 6.23. The highest BCUT2D eigenvalue weighted by Gasteiger charge is 2.59. The van der Waals surface area contributed by atoms with Gasteiger partial charge >= 0.3 is 0 Å². The van der Waals surface area contributed by atoms with Crippen LogP contribution in [-0.2, 0) is 9.59 Å². The number of hydrogen-bond donors (Lipinski definition) is 0. The summed E-state index contributed by atoms with van der Waals surface area (Å²) in [6, 6.07) is 19.2. The van der Waals surface area contributed by atoms with Gasteiger partial charge in [-0.3, -0.25) is 4.79 Å². The molecule has 0 heterocycles. The van der Waals surface area contributed by atoms with Gasteiger partial charge in [-0.15, -0.1) is 0 Å². The molecule has 0 N–H and O–H groups in total. The first-order valence-electron chi connectivity index (χ1n) is 9.67. The van der Waals surface area contributed by atoms with Gasteiger partial charge in [0.05, 0.1) is 11.5 Å². The van der Waals surface area contributed by atoms with Crippen LogP contribution in [0.5, 0.6) is 5.75 Å². The lowest BCUT2D eigenvalue weighted by molar-refractivity contribution is -0.134. The van der Waals surface area contributed by atoms with Gasteiger partial charge in [-0.2, -0.15) is 0 Å². The fraction of sp³-hybridized carbons (Fsp3) is 0.320. The predicted octanol–water partition coefficient (Wildman–Crippen LogP) is 5.26. The van der Waals surface area contributed by atoms with E-state index in [-0.39, 0.29) is 17.1 Å². The summed E-state index contributed by atoms with van der Waals surface area (Å²) in [5.74, 6) is 3.27. The quantitative estimate of drug-likeness (QED) is 0.545. The summed E-state index contributed by atoms with van der Waals surface area (Å²) < 4.78 is 6.34. The molecule has 2 aromatic rings. The van der Waals surface area contributed by atoms with Gasteiger partial charge in [0.1, 0.15) is 23.2 Å². The largest absolute Gasteiger partial charge is 0.456 e. The molecular formula is C25H24O3. The SMILES string of the molecule is CC1(C)C[C@@]2(C)CC(=O)[C@@H]1/C(=C(/Oc1ccccc1)c1ccccc1)C2=C=O. The Morgan fingerprint density at radius 2 is 1.61 bits per heavy atom. The second-order valence-corrected chi connectivity index (χ2v) is 8.80. The van der Waals surface area contributed by atoms with Crippen LogP contribution in [0.25, 0.3) is 5.76 Å². The molecule has 3 fully saturated rings. The second-order valence-electron chi connectivity index (χ2n) is 8.80. The molecule has 3 heteroatoms. The number of carbonyl (C=O) groups excluding carboxylic acids is 2. The van der Waals surface area contributed by atoms with Gasteiger partial charge < -0.3 is 4.74 Å². The molecule has 2 bridgehead atoms. The van der Waals surface area contributed by atoms with Crippen LogP contribution in [0.2, 0.25) is 0 Å². The Kier molecular flexibility index (Phi) is 4.36. The monoisotopic (exact) mass is 372 g/mol. The maximum Gasteiger partial charge on any atom is 0.141 e. The third-order valence-electron chi connectivity index (χ3n) is 6.02. The second kappa shape index (κ2) is 6.61. The first-order valence-corrected chi connectivity index (χ1v) is 9.67. The molecular weight excluding hydrogens is 348 g/mol. The van der Waals surface area contributed by atoms with Crippen molar-refractivity contribution in [3.63, 3.8) is 0 Å². The Bertz CT molecular complexity index is 995. The van der Waals surface area contributed by atoms with Crippen molar-refractivity contribution >= 4 is 17.5 Å². The number of Topliss-reactive ketones (excluding diaryl/α,β-unsaturated/α-hetero) is 1. The maximum absolute atomic E-state index is 13.1. The highest BCUT2D eigenvalue weighted by molar-refractivity contribution is 5.96. The molecule has 2 aromatic carbocycles. The van der Waals surface area contributed by atoms with Gasteiger partial charge in [0.2, 0.25) is 0 Å². The summed E-state index contributed by atoms with van der Waals surface area (Å²) in [5.41, 5.74) is 1.40. The fourth-order valence-electron chi connectivity index (χ4n) is 5.18. The van der Waals surface area contributed by atoms with Crippen molar-refractivity contribution in [1.29, 1.82) is 0 Å². The number of ketones is 1. The Morgan fingerprint density at radius 1 is 1.00 bits per heavy atom. The normalized spacial score (nSPS) is 27.3. The molecule has 0 amide bonds. The molecule has 2 atom stereocenters. The molecule has 3 aliphatic carbocycles. The lowest BCUT2D eigenvalue weighted by Crippen LogP contribution is -2.52. The molecule has 0 spiro atoms. The number of carbonyl (C=O) groups is 1. The number of para-hydroxylation sites is 1. The van der Waals surface area contributed by atoms with E-state index in [1.165, 1.54) is 0 Å². The average Bonchev–Trinajstić information content (AvgIpc) is 2.65. The molecule has 0 radical (unpaired) electrons. The van der Waals surface area contributed by atoms with Crippen molar-refractivity contribution in [2.75, 3.05) is 0 Å². The van der Waals surface area contributed by atoms with Gasteiger partial charge in [-0.25, -0.2) is 4.79 Å². The highest BCUT2D eigenvalue weighted by atomic mass is 16.5. The summed E-state index contributed by atoms with van der Waals surface area (Å²) in [5, 5.41) is 0. The van der Waals surface area contributed by atoms with Gasteiger partial charge in [0.15, 0.2) is 0 Å². The van der Waals surface area contributed by atoms with E-state index in [0.717, 1.165) is 12.0 Å². The standard InChI is InChI=1S/C25H24O3/c1-24(2)16-25(3)14-20(27)22(24)21(19(25)15-26)23(17-10-6-4-7-11-17)28-18-12-8-5-9-13-18/h4-13,22H,14,16H2,1-3H3/b23-21+/t22-,25-/m1/s1. The van der Waals surface area contributed by atoms with Gasteiger partial charge in [0, 0.05) is 23.0 Å². The minimum Gasteiger partial charge on any atom is -0.456 e. The molecule has 3 nitrogen and oxygen atoms in total. The molecule has 28 heavy (non-hydrogen) atoms.